The Morgan fingerprint density at radius 3 is 2.58 bits per heavy atom. The maximum Gasteiger partial charge on any atom is 0.166 e. The highest BCUT2D eigenvalue weighted by atomic mass is 32.1. The molecule has 1 aromatic heterocycles. The third kappa shape index (κ3) is 7.79. The van der Waals surface area contributed by atoms with Crippen LogP contribution >= 0.6 is 12.2 Å². The fraction of sp³-hybridized carbons (Fsp3) is 0.692. The van der Waals surface area contributed by atoms with Gasteiger partial charge in [-0.2, -0.15) is 5.10 Å². The van der Waals surface area contributed by atoms with Crippen LogP contribution in [0.4, 0.5) is 0 Å². The van der Waals surface area contributed by atoms with Crippen molar-refractivity contribution in [1.29, 1.82) is 0 Å². The lowest BCUT2D eigenvalue weighted by atomic mass is 10.4. The van der Waals surface area contributed by atoms with E-state index in [1.807, 2.05) is 10.9 Å². The van der Waals surface area contributed by atoms with Gasteiger partial charge in [0.1, 0.15) is 0 Å². The summed E-state index contributed by atoms with van der Waals surface area (Å²) in [6, 6.07) is 0. The SMILES string of the molecule is Cc1cnn(CCCNC(=S)NCCCN(C)C)c1. The molecule has 19 heavy (non-hydrogen) atoms. The van der Waals surface area contributed by atoms with E-state index in [1.54, 1.807) is 0 Å². The molecule has 0 fully saturated rings. The zero-order chi connectivity index (χ0) is 14.1. The van der Waals surface area contributed by atoms with E-state index in [-0.39, 0.29) is 0 Å². The van der Waals surface area contributed by atoms with Crippen LogP contribution in [0.5, 0.6) is 0 Å². The first-order valence-corrected chi connectivity index (χ1v) is 7.14. The Morgan fingerprint density at radius 1 is 1.32 bits per heavy atom. The van der Waals surface area contributed by atoms with Crippen LogP contribution in [-0.2, 0) is 6.54 Å². The van der Waals surface area contributed by atoms with Crippen molar-refractivity contribution in [2.45, 2.75) is 26.3 Å². The summed E-state index contributed by atoms with van der Waals surface area (Å²) in [7, 11) is 4.15. The Morgan fingerprint density at radius 2 is 2.00 bits per heavy atom. The monoisotopic (exact) mass is 283 g/mol. The highest BCUT2D eigenvalue weighted by molar-refractivity contribution is 7.80. The zero-order valence-electron chi connectivity index (χ0n) is 12.1. The first kappa shape index (κ1) is 15.9. The van der Waals surface area contributed by atoms with Gasteiger partial charge in [0, 0.05) is 25.8 Å². The molecule has 108 valence electrons. The van der Waals surface area contributed by atoms with Crippen molar-refractivity contribution in [3.63, 3.8) is 0 Å². The Kier molecular flexibility index (Phi) is 7.43. The topological polar surface area (TPSA) is 45.1 Å². The summed E-state index contributed by atoms with van der Waals surface area (Å²) in [5.41, 5.74) is 1.20. The van der Waals surface area contributed by atoms with Gasteiger partial charge in [-0.05, 0) is 58.2 Å². The fourth-order valence-corrected chi connectivity index (χ4v) is 1.90. The maximum atomic E-state index is 5.21. The Hall–Kier alpha value is -1.14. The van der Waals surface area contributed by atoms with Gasteiger partial charge in [0.2, 0.25) is 0 Å². The van der Waals surface area contributed by atoms with Crippen LogP contribution < -0.4 is 10.6 Å². The third-order valence-electron chi connectivity index (χ3n) is 2.68. The van der Waals surface area contributed by atoms with Crippen molar-refractivity contribution in [3.05, 3.63) is 18.0 Å². The van der Waals surface area contributed by atoms with Crippen molar-refractivity contribution in [1.82, 2.24) is 25.3 Å². The summed E-state index contributed by atoms with van der Waals surface area (Å²) in [4.78, 5) is 2.17. The molecule has 0 saturated carbocycles. The van der Waals surface area contributed by atoms with Crippen LogP contribution in [0.1, 0.15) is 18.4 Å². The van der Waals surface area contributed by atoms with E-state index in [1.165, 1.54) is 5.56 Å². The average Bonchev–Trinajstić information content (AvgIpc) is 2.76. The lowest BCUT2D eigenvalue weighted by molar-refractivity contribution is 0.400. The van der Waals surface area contributed by atoms with Crippen LogP contribution in [0.25, 0.3) is 0 Å². The number of aromatic nitrogens is 2. The molecule has 0 atom stereocenters. The van der Waals surface area contributed by atoms with E-state index in [4.69, 9.17) is 12.2 Å². The number of thiocarbonyl (C=S) groups is 1. The van der Waals surface area contributed by atoms with Gasteiger partial charge in [-0.25, -0.2) is 0 Å². The van der Waals surface area contributed by atoms with E-state index in [0.717, 1.165) is 44.1 Å². The molecular weight excluding hydrogens is 258 g/mol. The molecule has 0 aliphatic carbocycles. The van der Waals surface area contributed by atoms with Gasteiger partial charge in [-0.1, -0.05) is 0 Å². The molecule has 1 aromatic rings. The van der Waals surface area contributed by atoms with Crippen LogP contribution in [0.3, 0.4) is 0 Å². The summed E-state index contributed by atoms with van der Waals surface area (Å²) in [5.74, 6) is 0. The molecular formula is C13H25N5S. The van der Waals surface area contributed by atoms with E-state index in [0.29, 0.717) is 0 Å². The summed E-state index contributed by atoms with van der Waals surface area (Å²) in [5, 5.41) is 11.4. The number of hydrogen-bond acceptors (Lipinski definition) is 3. The fourth-order valence-electron chi connectivity index (χ4n) is 1.69. The highest BCUT2D eigenvalue weighted by Crippen LogP contribution is 1.95. The molecule has 2 N–H and O–H groups in total. The van der Waals surface area contributed by atoms with Gasteiger partial charge in [0.25, 0.3) is 0 Å². The molecule has 0 unspecified atom stereocenters. The standard InChI is InChI=1S/C13H25N5S/c1-12-10-16-18(11-12)9-5-7-15-13(19)14-6-4-8-17(2)3/h10-11H,4-9H2,1-3H3,(H2,14,15,19). The van der Waals surface area contributed by atoms with Crippen LogP contribution in [-0.4, -0.2) is 53.5 Å². The second-order valence-electron chi connectivity index (χ2n) is 4.97. The minimum atomic E-state index is 0.746. The predicted octanol–water partition coefficient (Wildman–Crippen LogP) is 0.997. The van der Waals surface area contributed by atoms with Crippen molar-refractivity contribution < 1.29 is 0 Å². The van der Waals surface area contributed by atoms with Gasteiger partial charge in [-0.3, -0.25) is 4.68 Å². The van der Waals surface area contributed by atoms with Crippen LogP contribution in [0.15, 0.2) is 12.4 Å². The summed E-state index contributed by atoms with van der Waals surface area (Å²) in [6.45, 7) is 5.84. The first-order chi connectivity index (χ1) is 9.08. The molecule has 0 aliphatic heterocycles. The van der Waals surface area contributed by atoms with Gasteiger partial charge in [0.15, 0.2) is 5.11 Å². The minimum Gasteiger partial charge on any atom is -0.363 e. The Balaban J connectivity index is 1.98. The molecule has 5 nitrogen and oxygen atoms in total. The lowest BCUT2D eigenvalue weighted by Gasteiger charge is -2.12. The zero-order valence-corrected chi connectivity index (χ0v) is 13.0. The number of nitrogens with one attached hydrogen (secondary N) is 2. The van der Waals surface area contributed by atoms with Gasteiger partial charge < -0.3 is 15.5 Å². The number of aryl methyl sites for hydroxylation is 2. The van der Waals surface area contributed by atoms with Crippen molar-refractivity contribution in [2.75, 3.05) is 33.7 Å². The molecule has 0 saturated heterocycles. The van der Waals surface area contributed by atoms with E-state index in [2.05, 4.69) is 47.8 Å². The smallest absolute Gasteiger partial charge is 0.166 e. The summed E-state index contributed by atoms with van der Waals surface area (Å²) >= 11 is 5.21. The number of hydrogen-bond donors (Lipinski definition) is 2. The Labute approximate surface area is 121 Å². The number of rotatable bonds is 8. The quantitative estimate of drug-likeness (QED) is 0.550. The van der Waals surface area contributed by atoms with E-state index < -0.39 is 0 Å². The highest BCUT2D eigenvalue weighted by Gasteiger charge is 1.97. The lowest BCUT2D eigenvalue weighted by Crippen LogP contribution is -2.37. The van der Waals surface area contributed by atoms with Gasteiger partial charge >= 0.3 is 0 Å². The van der Waals surface area contributed by atoms with Crippen LogP contribution in [0, 0.1) is 6.92 Å². The molecule has 1 heterocycles. The van der Waals surface area contributed by atoms with E-state index in [9.17, 15) is 0 Å². The van der Waals surface area contributed by atoms with Crippen molar-refractivity contribution >= 4 is 17.3 Å². The maximum absolute atomic E-state index is 5.21. The van der Waals surface area contributed by atoms with Crippen molar-refractivity contribution in [2.24, 2.45) is 0 Å². The van der Waals surface area contributed by atoms with Gasteiger partial charge in [-0.15, -0.1) is 0 Å². The minimum absolute atomic E-state index is 0.746. The third-order valence-corrected chi connectivity index (χ3v) is 2.97. The Bertz CT molecular complexity index is 375. The molecule has 0 aromatic carbocycles. The normalized spacial score (nSPS) is 10.7. The molecule has 0 radical (unpaired) electrons. The van der Waals surface area contributed by atoms with Crippen molar-refractivity contribution in [3.8, 4) is 0 Å². The molecule has 1 rings (SSSR count). The molecule has 0 amide bonds. The van der Waals surface area contributed by atoms with E-state index >= 15 is 0 Å². The summed E-state index contributed by atoms with van der Waals surface area (Å²) < 4.78 is 1.96. The second-order valence-corrected chi connectivity index (χ2v) is 5.38. The first-order valence-electron chi connectivity index (χ1n) is 6.73. The predicted molar refractivity (Wildman–Crippen MR) is 83.4 cm³/mol. The molecule has 0 spiro atoms. The van der Waals surface area contributed by atoms with Crippen LogP contribution in [0.2, 0.25) is 0 Å². The largest absolute Gasteiger partial charge is 0.363 e. The molecule has 0 bridgehead atoms. The van der Waals surface area contributed by atoms with Gasteiger partial charge in [0.05, 0.1) is 6.20 Å². The molecule has 0 aliphatic rings. The summed E-state index contributed by atoms with van der Waals surface area (Å²) in [6.07, 6.45) is 6.05. The average molecular weight is 283 g/mol. The molecule has 6 heteroatoms. The number of nitrogens with zero attached hydrogens (tertiary/aromatic N) is 3. The second kappa shape index (κ2) is 8.87.